The van der Waals surface area contributed by atoms with Crippen LogP contribution in [-0.4, -0.2) is 12.9 Å². The van der Waals surface area contributed by atoms with Crippen LogP contribution in [0.4, 0.5) is 8.78 Å². The summed E-state index contributed by atoms with van der Waals surface area (Å²) in [5, 5.41) is 0. The van der Waals surface area contributed by atoms with Crippen LogP contribution < -0.4 is 4.74 Å². The molecule has 2 aromatic carbocycles. The zero-order valence-electron chi connectivity index (χ0n) is 10.6. The monoisotopic (exact) mass is 340 g/mol. The average Bonchev–Trinajstić information content (AvgIpc) is 2.43. The molecule has 0 aliphatic heterocycles. The van der Waals surface area contributed by atoms with E-state index in [0.717, 1.165) is 12.1 Å². The molecular weight excluding hydrogens is 330 g/mol. The first-order valence-corrected chi connectivity index (χ1v) is 6.61. The lowest BCUT2D eigenvalue weighted by Gasteiger charge is -2.06. The van der Waals surface area contributed by atoms with Gasteiger partial charge in [0, 0.05) is 6.42 Å². The fraction of sp³-hybridized carbons (Fsp3) is 0.133. The Balaban J connectivity index is 2.26. The van der Waals surface area contributed by atoms with Gasteiger partial charge < -0.3 is 4.74 Å². The molecule has 0 aliphatic carbocycles. The maximum absolute atomic E-state index is 13.7. The summed E-state index contributed by atoms with van der Waals surface area (Å²) in [6.07, 6.45) is -0.0187. The number of carbonyl (C=O) groups is 1. The molecule has 0 fully saturated rings. The molecule has 0 atom stereocenters. The van der Waals surface area contributed by atoms with Gasteiger partial charge in [-0.25, -0.2) is 8.78 Å². The summed E-state index contributed by atoms with van der Waals surface area (Å²) in [5.41, 5.74) is 0.422. The van der Waals surface area contributed by atoms with Gasteiger partial charge in [-0.3, -0.25) is 4.79 Å². The van der Waals surface area contributed by atoms with E-state index < -0.39 is 17.4 Å². The Hall–Kier alpha value is -1.75. The SMILES string of the molecule is COc1cccc(CC(=O)c2cc(F)c(Br)cc2F)c1. The fourth-order valence-electron chi connectivity index (χ4n) is 1.80. The minimum atomic E-state index is -0.744. The molecule has 20 heavy (non-hydrogen) atoms. The van der Waals surface area contributed by atoms with Crippen molar-refractivity contribution >= 4 is 21.7 Å². The van der Waals surface area contributed by atoms with Crippen molar-refractivity contribution in [3.63, 3.8) is 0 Å². The highest BCUT2D eigenvalue weighted by Gasteiger charge is 2.15. The maximum atomic E-state index is 13.7. The lowest BCUT2D eigenvalue weighted by Crippen LogP contribution is -2.07. The van der Waals surface area contributed by atoms with Crippen molar-refractivity contribution in [3.05, 3.63) is 63.6 Å². The van der Waals surface area contributed by atoms with Crippen LogP contribution in [0.1, 0.15) is 15.9 Å². The van der Waals surface area contributed by atoms with Crippen LogP contribution in [0.15, 0.2) is 40.9 Å². The lowest BCUT2D eigenvalue weighted by atomic mass is 10.0. The molecule has 0 unspecified atom stereocenters. The van der Waals surface area contributed by atoms with E-state index >= 15 is 0 Å². The standard InChI is InChI=1S/C15H11BrF2O2/c1-20-10-4-2-3-9(5-10)6-15(19)11-7-14(18)12(16)8-13(11)17/h2-5,7-8H,6H2,1H3. The van der Waals surface area contributed by atoms with Crippen LogP contribution in [0, 0.1) is 11.6 Å². The number of Topliss-reactive ketones (excluding diaryl/α,β-unsaturated/α-hetero) is 1. The van der Waals surface area contributed by atoms with E-state index in [4.69, 9.17) is 4.74 Å². The zero-order valence-corrected chi connectivity index (χ0v) is 12.2. The lowest BCUT2D eigenvalue weighted by molar-refractivity contribution is 0.0988. The Morgan fingerprint density at radius 1 is 1.20 bits per heavy atom. The topological polar surface area (TPSA) is 26.3 Å². The Morgan fingerprint density at radius 3 is 2.65 bits per heavy atom. The number of halogens is 3. The van der Waals surface area contributed by atoms with E-state index in [9.17, 15) is 13.6 Å². The summed E-state index contributed by atoms with van der Waals surface area (Å²) in [7, 11) is 1.52. The third-order valence-corrected chi connectivity index (χ3v) is 3.42. The second-order valence-corrected chi connectivity index (χ2v) is 5.05. The van der Waals surface area contributed by atoms with E-state index in [1.807, 2.05) is 0 Å². The Kier molecular flexibility index (Phi) is 4.49. The van der Waals surface area contributed by atoms with Gasteiger partial charge >= 0.3 is 0 Å². The molecule has 5 heteroatoms. The summed E-state index contributed by atoms with van der Waals surface area (Å²) in [5.74, 6) is -1.29. The van der Waals surface area contributed by atoms with Crippen molar-refractivity contribution in [2.75, 3.05) is 7.11 Å². The number of benzene rings is 2. The number of ketones is 1. The number of hydrogen-bond acceptors (Lipinski definition) is 2. The van der Waals surface area contributed by atoms with E-state index in [1.54, 1.807) is 24.3 Å². The largest absolute Gasteiger partial charge is 0.497 e. The van der Waals surface area contributed by atoms with Crippen molar-refractivity contribution in [1.82, 2.24) is 0 Å². The molecule has 0 heterocycles. The van der Waals surface area contributed by atoms with Gasteiger partial charge in [-0.2, -0.15) is 0 Å². The van der Waals surface area contributed by atoms with Crippen molar-refractivity contribution in [2.45, 2.75) is 6.42 Å². The van der Waals surface area contributed by atoms with Crippen LogP contribution in [0.5, 0.6) is 5.75 Å². The molecule has 0 saturated carbocycles. The zero-order chi connectivity index (χ0) is 14.7. The van der Waals surface area contributed by atoms with Gasteiger partial charge in [0.15, 0.2) is 5.78 Å². The molecule has 0 bridgehead atoms. The predicted octanol–water partition coefficient (Wildman–Crippen LogP) is 4.16. The molecule has 0 amide bonds. The van der Waals surface area contributed by atoms with Crippen LogP contribution in [0.25, 0.3) is 0 Å². The van der Waals surface area contributed by atoms with Gasteiger partial charge in [-0.1, -0.05) is 12.1 Å². The highest BCUT2D eigenvalue weighted by Crippen LogP contribution is 2.22. The van der Waals surface area contributed by atoms with Crippen molar-refractivity contribution in [3.8, 4) is 5.75 Å². The number of ether oxygens (including phenoxy) is 1. The van der Waals surface area contributed by atoms with Gasteiger partial charge in [-0.05, 0) is 45.8 Å². The molecular formula is C15H11BrF2O2. The summed E-state index contributed by atoms with van der Waals surface area (Å²) in [6.45, 7) is 0. The average molecular weight is 341 g/mol. The highest BCUT2D eigenvalue weighted by atomic mass is 79.9. The quantitative estimate of drug-likeness (QED) is 0.617. The molecule has 2 nitrogen and oxygen atoms in total. The van der Waals surface area contributed by atoms with E-state index in [2.05, 4.69) is 15.9 Å². The molecule has 0 aromatic heterocycles. The summed E-state index contributed by atoms with van der Waals surface area (Å²) in [6, 6.07) is 8.75. The van der Waals surface area contributed by atoms with E-state index in [1.165, 1.54) is 7.11 Å². The molecule has 0 radical (unpaired) electrons. The van der Waals surface area contributed by atoms with Crippen molar-refractivity contribution < 1.29 is 18.3 Å². The summed E-state index contributed by atoms with van der Waals surface area (Å²) < 4.78 is 32.1. The van der Waals surface area contributed by atoms with Gasteiger partial charge in [-0.15, -0.1) is 0 Å². The minimum Gasteiger partial charge on any atom is -0.497 e. The highest BCUT2D eigenvalue weighted by molar-refractivity contribution is 9.10. The number of carbonyl (C=O) groups excluding carboxylic acids is 1. The molecule has 104 valence electrons. The molecule has 0 spiro atoms. The summed E-state index contributed by atoms with van der Waals surface area (Å²) >= 11 is 2.87. The molecule has 2 aromatic rings. The van der Waals surface area contributed by atoms with E-state index in [-0.39, 0.29) is 16.5 Å². The van der Waals surface area contributed by atoms with E-state index in [0.29, 0.717) is 11.3 Å². The van der Waals surface area contributed by atoms with Gasteiger partial charge in [0.25, 0.3) is 0 Å². The molecule has 0 N–H and O–H groups in total. The predicted molar refractivity (Wildman–Crippen MR) is 75.1 cm³/mol. The molecule has 0 saturated heterocycles. The van der Waals surface area contributed by atoms with Crippen LogP contribution in [0.3, 0.4) is 0 Å². The Morgan fingerprint density at radius 2 is 1.95 bits per heavy atom. The van der Waals surface area contributed by atoms with Gasteiger partial charge in [0.05, 0.1) is 17.1 Å². The molecule has 2 rings (SSSR count). The third kappa shape index (κ3) is 3.22. The minimum absolute atomic E-state index is 0.00655. The van der Waals surface area contributed by atoms with Crippen LogP contribution in [0.2, 0.25) is 0 Å². The second-order valence-electron chi connectivity index (χ2n) is 4.20. The Labute approximate surface area is 123 Å². The van der Waals surface area contributed by atoms with Gasteiger partial charge in [0.1, 0.15) is 17.4 Å². The van der Waals surface area contributed by atoms with Crippen molar-refractivity contribution in [1.29, 1.82) is 0 Å². The summed E-state index contributed by atoms with van der Waals surface area (Å²) in [4.78, 5) is 12.0. The number of hydrogen-bond donors (Lipinski definition) is 0. The number of rotatable bonds is 4. The fourth-order valence-corrected chi connectivity index (χ4v) is 2.11. The normalized spacial score (nSPS) is 10.4. The second kappa shape index (κ2) is 6.13. The molecule has 0 aliphatic rings. The number of methoxy groups -OCH3 is 1. The first-order chi connectivity index (χ1) is 9.51. The third-order valence-electron chi connectivity index (χ3n) is 2.81. The maximum Gasteiger partial charge on any atom is 0.170 e. The van der Waals surface area contributed by atoms with Gasteiger partial charge in [0.2, 0.25) is 0 Å². The van der Waals surface area contributed by atoms with Crippen LogP contribution >= 0.6 is 15.9 Å². The Bertz CT molecular complexity index is 656. The smallest absolute Gasteiger partial charge is 0.170 e. The first-order valence-electron chi connectivity index (χ1n) is 5.82. The first kappa shape index (κ1) is 14.7. The van der Waals surface area contributed by atoms with Crippen LogP contribution in [-0.2, 0) is 6.42 Å². The van der Waals surface area contributed by atoms with Crippen molar-refractivity contribution in [2.24, 2.45) is 0 Å².